The summed E-state index contributed by atoms with van der Waals surface area (Å²) < 4.78 is 0.243. The molecule has 124 valence electrons. The Morgan fingerprint density at radius 2 is 2.00 bits per heavy atom. The van der Waals surface area contributed by atoms with E-state index in [1.165, 1.54) is 4.88 Å². The van der Waals surface area contributed by atoms with Crippen LogP contribution in [0.5, 0.6) is 0 Å². The molecule has 0 bridgehead atoms. The first-order valence-electron chi connectivity index (χ1n) is 7.46. The number of aryl methyl sites for hydroxylation is 1. The summed E-state index contributed by atoms with van der Waals surface area (Å²) in [7, 11) is 1.78. The summed E-state index contributed by atoms with van der Waals surface area (Å²) in [6.07, 6.45) is 0. The van der Waals surface area contributed by atoms with Crippen LogP contribution in [0.15, 0.2) is 35.1 Å². The average molecular weight is 359 g/mol. The SMILES string of the molecule is Cc1ccc([C@@H](C)N(C)C(=O)c2ccc3c(=O)[nH]c(=S)[nH]c3c2)s1. The minimum atomic E-state index is -0.261. The number of hydrogen-bond donors (Lipinski definition) is 2. The summed E-state index contributed by atoms with van der Waals surface area (Å²) >= 11 is 6.67. The molecule has 2 N–H and O–H groups in total. The first kappa shape index (κ1) is 16.6. The maximum atomic E-state index is 12.8. The molecule has 3 aromatic rings. The highest BCUT2D eigenvalue weighted by atomic mass is 32.1. The van der Waals surface area contributed by atoms with Crippen molar-refractivity contribution in [3.05, 3.63) is 60.8 Å². The zero-order valence-electron chi connectivity index (χ0n) is 13.5. The Morgan fingerprint density at radius 1 is 1.25 bits per heavy atom. The maximum absolute atomic E-state index is 12.8. The number of amides is 1. The van der Waals surface area contributed by atoms with E-state index in [-0.39, 0.29) is 22.3 Å². The molecule has 0 saturated carbocycles. The smallest absolute Gasteiger partial charge is 0.259 e. The molecule has 0 radical (unpaired) electrons. The van der Waals surface area contributed by atoms with Gasteiger partial charge in [-0.15, -0.1) is 11.3 Å². The lowest BCUT2D eigenvalue weighted by molar-refractivity contribution is 0.0745. The second kappa shape index (κ2) is 6.33. The summed E-state index contributed by atoms with van der Waals surface area (Å²) in [5, 5.41) is 0.477. The molecule has 0 unspecified atom stereocenters. The van der Waals surface area contributed by atoms with Crippen molar-refractivity contribution in [2.24, 2.45) is 0 Å². The van der Waals surface area contributed by atoms with Gasteiger partial charge in [0.1, 0.15) is 0 Å². The molecule has 5 nitrogen and oxygen atoms in total. The van der Waals surface area contributed by atoms with Gasteiger partial charge >= 0.3 is 0 Å². The van der Waals surface area contributed by atoms with Gasteiger partial charge < -0.3 is 9.88 Å². The molecule has 0 spiro atoms. The van der Waals surface area contributed by atoms with Crippen molar-refractivity contribution in [3.8, 4) is 0 Å². The second-order valence-electron chi connectivity index (χ2n) is 5.71. The number of aromatic amines is 2. The summed E-state index contributed by atoms with van der Waals surface area (Å²) in [6.45, 7) is 4.05. The van der Waals surface area contributed by atoms with Gasteiger partial charge in [0.05, 0.1) is 16.9 Å². The van der Waals surface area contributed by atoms with Crippen molar-refractivity contribution in [3.63, 3.8) is 0 Å². The molecule has 1 atom stereocenters. The van der Waals surface area contributed by atoms with Crippen LogP contribution in [0.4, 0.5) is 0 Å². The number of hydrogen-bond acceptors (Lipinski definition) is 4. The van der Waals surface area contributed by atoms with Crippen molar-refractivity contribution >= 4 is 40.4 Å². The molecular weight excluding hydrogens is 342 g/mol. The van der Waals surface area contributed by atoms with Gasteiger partial charge in [0.2, 0.25) is 0 Å². The molecule has 7 heteroatoms. The maximum Gasteiger partial charge on any atom is 0.259 e. The van der Waals surface area contributed by atoms with Crippen LogP contribution < -0.4 is 5.56 Å². The van der Waals surface area contributed by atoms with Gasteiger partial charge in [-0.2, -0.15) is 0 Å². The van der Waals surface area contributed by atoms with Gasteiger partial charge in [-0.05, 0) is 56.4 Å². The fourth-order valence-electron chi connectivity index (χ4n) is 2.55. The number of nitrogens with zero attached hydrogens (tertiary/aromatic N) is 1. The Kier molecular flexibility index (Phi) is 4.38. The molecule has 2 heterocycles. The van der Waals surface area contributed by atoms with Gasteiger partial charge in [0.25, 0.3) is 11.5 Å². The number of H-pyrrole nitrogens is 2. The Bertz CT molecular complexity index is 1030. The van der Waals surface area contributed by atoms with Gasteiger partial charge in [-0.3, -0.25) is 14.6 Å². The fourth-order valence-corrected chi connectivity index (χ4v) is 3.73. The topological polar surface area (TPSA) is 69.0 Å². The predicted octanol–water partition coefficient (Wildman–Crippen LogP) is 3.79. The Balaban J connectivity index is 1.96. The number of aromatic nitrogens is 2. The zero-order chi connectivity index (χ0) is 17.4. The Morgan fingerprint density at radius 3 is 2.67 bits per heavy atom. The van der Waals surface area contributed by atoms with E-state index in [0.29, 0.717) is 16.5 Å². The van der Waals surface area contributed by atoms with Crippen molar-refractivity contribution in [2.75, 3.05) is 7.05 Å². The molecule has 2 aromatic heterocycles. The lowest BCUT2D eigenvalue weighted by Gasteiger charge is -2.24. The standard InChI is InChI=1S/C17H17N3O2S2/c1-9-4-7-14(24-9)10(2)20(3)16(22)11-5-6-12-13(8-11)18-17(23)19-15(12)21/h4-8,10H,1-3H3,(H2,18,19,21,23)/t10-/m1/s1. The molecule has 1 amide bonds. The molecule has 24 heavy (non-hydrogen) atoms. The highest BCUT2D eigenvalue weighted by molar-refractivity contribution is 7.71. The highest BCUT2D eigenvalue weighted by Crippen LogP contribution is 2.27. The van der Waals surface area contributed by atoms with Crippen LogP contribution >= 0.6 is 23.6 Å². The Hall–Kier alpha value is -2.25. The van der Waals surface area contributed by atoms with Gasteiger partial charge in [-0.1, -0.05) is 0 Å². The van der Waals surface area contributed by atoms with Crippen LogP contribution in [0.3, 0.4) is 0 Å². The van der Waals surface area contributed by atoms with Crippen molar-refractivity contribution in [1.82, 2.24) is 14.9 Å². The van der Waals surface area contributed by atoms with Crippen LogP contribution in [0.1, 0.15) is 33.1 Å². The lowest BCUT2D eigenvalue weighted by atomic mass is 10.1. The first-order valence-corrected chi connectivity index (χ1v) is 8.69. The molecule has 0 aliphatic heterocycles. The number of benzene rings is 1. The quantitative estimate of drug-likeness (QED) is 0.699. The first-order chi connectivity index (χ1) is 11.4. The molecular formula is C17H17N3O2S2. The molecule has 0 fully saturated rings. The van der Waals surface area contributed by atoms with E-state index in [2.05, 4.69) is 16.0 Å². The number of thiophene rings is 1. The number of rotatable bonds is 3. The minimum Gasteiger partial charge on any atom is -0.334 e. The third-order valence-corrected chi connectivity index (χ3v) is 5.44. The average Bonchev–Trinajstić information content (AvgIpc) is 2.98. The van der Waals surface area contributed by atoms with Crippen LogP contribution in [-0.4, -0.2) is 27.8 Å². The number of fused-ring (bicyclic) bond motifs is 1. The molecule has 1 aromatic carbocycles. The fraction of sp³-hybridized carbons (Fsp3) is 0.235. The van der Waals surface area contributed by atoms with Gasteiger partial charge in [0.15, 0.2) is 4.77 Å². The minimum absolute atomic E-state index is 0.0235. The summed E-state index contributed by atoms with van der Waals surface area (Å²) in [4.78, 5) is 34.2. The summed E-state index contributed by atoms with van der Waals surface area (Å²) in [5.41, 5.74) is 0.813. The van der Waals surface area contributed by atoms with Crippen LogP contribution in [0.2, 0.25) is 0 Å². The molecule has 0 aliphatic carbocycles. The normalized spacial score (nSPS) is 12.3. The van der Waals surface area contributed by atoms with Gasteiger partial charge in [-0.25, -0.2) is 0 Å². The van der Waals surface area contributed by atoms with Crippen molar-refractivity contribution < 1.29 is 4.79 Å². The Labute approximate surface area is 148 Å². The van der Waals surface area contributed by atoms with E-state index in [9.17, 15) is 9.59 Å². The second-order valence-corrected chi connectivity index (χ2v) is 7.44. The van der Waals surface area contributed by atoms with E-state index >= 15 is 0 Å². The van der Waals surface area contributed by atoms with Crippen molar-refractivity contribution in [1.29, 1.82) is 0 Å². The summed E-state index contributed by atoms with van der Waals surface area (Å²) in [5.74, 6) is -0.102. The van der Waals surface area contributed by atoms with E-state index < -0.39 is 0 Å². The van der Waals surface area contributed by atoms with E-state index in [1.807, 2.05) is 19.9 Å². The largest absolute Gasteiger partial charge is 0.334 e. The van der Waals surface area contributed by atoms with Crippen LogP contribution in [-0.2, 0) is 0 Å². The monoisotopic (exact) mass is 359 g/mol. The van der Waals surface area contributed by atoms with Crippen LogP contribution in [0, 0.1) is 11.7 Å². The number of nitrogens with one attached hydrogen (secondary N) is 2. The molecule has 3 rings (SSSR count). The van der Waals surface area contributed by atoms with E-state index in [4.69, 9.17) is 12.2 Å². The van der Waals surface area contributed by atoms with E-state index in [0.717, 1.165) is 4.88 Å². The van der Waals surface area contributed by atoms with E-state index in [1.54, 1.807) is 41.5 Å². The third kappa shape index (κ3) is 3.05. The predicted molar refractivity (Wildman–Crippen MR) is 99.3 cm³/mol. The van der Waals surface area contributed by atoms with Gasteiger partial charge in [0, 0.05) is 22.4 Å². The molecule has 0 aliphatic rings. The summed E-state index contributed by atoms with van der Waals surface area (Å²) in [6, 6.07) is 9.05. The number of carbonyl (C=O) groups is 1. The van der Waals surface area contributed by atoms with Crippen molar-refractivity contribution in [2.45, 2.75) is 19.9 Å². The third-order valence-electron chi connectivity index (χ3n) is 4.06. The van der Waals surface area contributed by atoms with Crippen LogP contribution in [0.25, 0.3) is 10.9 Å². The zero-order valence-corrected chi connectivity index (χ0v) is 15.2. The number of carbonyl (C=O) groups excluding carboxylic acids is 1. The lowest BCUT2D eigenvalue weighted by Crippen LogP contribution is -2.29. The highest BCUT2D eigenvalue weighted by Gasteiger charge is 2.20. The molecule has 0 saturated heterocycles.